The topological polar surface area (TPSA) is 80.1 Å². The number of anilines is 2. The normalized spacial score (nSPS) is 14.0. The van der Waals surface area contributed by atoms with E-state index in [0.717, 1.165) is 16.4 Å². The molecule has 4 aromatic rings. The fraction of sp³-hybridized carbons (Fsp3) is 0.130. The van der Waals surface area contributed by atoms with E-state index in [2.05, 4.69) is 15.5 Å². The third-order valence-electron chi connectivity index (χ3n) is 5.06. The maximum Gasteiger partial charge on any atom is 0.244 e. The van der Waals surface area contributed by atoms with Crippen molar-refractivity contribution in [3.63, 3.8) is 0 Å². The minimum Gasteiger partial charge on any atom is -0.323 e. The van der Waals surface area contributed by atoms with Gasteiger partial charge in [-0.05, 0) is 42.6 Å². The highest BCUT2D eigenvalue weighted by molar-refractivity contribution is 8.00. The molecule has 160 valence electrons. The van der Waals surface area contributed by atoms with Gasteiger partial charge in [-0.3, -0.25) is 19.1 Å². The number of fused-ring (bicyclic) bond motifs is 1. The lowest BCUT2D eigenvalue weighted by atomic mass is 10.2. The first-order valence-corrected chi connectivity index (χ1v) is 11.8. The molecule has 2 amide bonds. The molecule has 0 saturated heterocycles. The summed E-state index contributed by atoms with van der Waals surface area (Å²) >= 11 is 2.92. The summed E-state index contributed by atoms with van der Waals surface area (Å²) < 4.78 is 1.97. The van der Waals surface area contributed by atoms with Crippen molar-refractivity contribution >= 4 is 46.3 Å². The van der Waals surface area contributed by atoms with Gasteiger partial charge in [-0.1, -0.05) is 48.2 Å². The number of hydrogen-bond acceptors (Lipinski definition) is 6. The molecule has 0 aliphatic carbocycles. The molecule has 0 saturated carbocycles. The van der Waals surface area contributed by atoms with E-state index in [1.165, 1.54) is 16.7 Å². The van der Waals surface area contributed by atoms with Crippen LogP contribution in [0.3, 0.4) is 0 Å². The van der Waals surface area contributed by atoms with Crippen LogP contribution >= 0.6 is 23.1 Å². The summed E-state index contributed by atoms with van der Waals surface area (Å²) in [6.07, 6.45) is 0. The van der Waals surface area contributed by atoms with Gasteiger partial charge in [0.25, 0.3) is 0 Å². The van der Waals surface area contributed by atoms with E-state index in [0.29, 0.717) is 16.5 Å². The Balaban J connectivity index is 1.47. The molecule has 9 heteroatoms. The zero-order chi connectivity index (χ0) is 22.1. The monoisotopic (exact) mass is 461 g/mol. The summed E-state index contributed by atoms with van der Waals surface area (Å²) in [7, 11) is 0. The second-order valence-corrected chi connectivity index (χ2v) is 9.46. The van der Waals surface area contributed by atoms with Crippen LogP contribution in [0.5, 0.6) is 0 Å². The first kappa shape index (κ1) is 20.5. The lowest BCUT2D eigenvalue weighted by Crippen LogP contribution is -2.45. The fourth-order valence-electron chi connectivity index (χ4n) is 3.58. The van der Waals surface area contributed by atoms with Crippen LogP contribution in [0.1, 0.15) is 6.92 Å². The highest BCUT2D eigenvalue weighted by Crippen LogP contribution is 2.34. The first-order valence-electron chi connectivity index (χ1n) is 10.0. The van der Waals surface area contributed by atoms with Crippen LogP contribution < -0.4 is 10.2 Å². The molecular weight excluding hydrogens is 442 g/mol. The minimum atomic E-state index is -0.475. The van der Waals surface area contributed by atoms with Gasteiger partial charge in [-0.2, -0.15) is 0 Å². The Labute approximate surface area is 193 Å². The Bertz CT molecular complexity index is 1270. The Morgan fingerprint density at radius 1 is 1.06 bits per heavy atom. The van der Waals surface area contributed by atoms with E-state index in [4.69, 9.17) is 0 Å². The van der Waals surface area contributed by atoms with Crippen molar-refractivity contribution in [1.29, 1.82) is 0 Å². The van der Waals surface area contributed by atoms with Crippen molar-refractivity contribution in [3.05, 3.63) is 72.1 Å². The zero-order valence-corrected chi connectivity index (χ0v) is 18.8. The summed E-state index contributed by atoms with van der Waals surface area (Å²) in [5.41, 5.74) is 2.26. The van der Waals surface area contributed by atoms with Crippen LogP contribution in [-0.4, -0.2) is 38.4 Å². The number of nitrogens with zero attached hydrogens (tertiary/aromatic N) is 4. The van der Waals surface area contributed by atoms with Crippen molar-refractivity contribution in [2.45, 2.75) is 17.3 Å². The highest BCUT2D eigenvalue weighted by atomic mass is 32.2. The standard InChI is InChI=1S/C23H19N5O2S2/c1-15(22(30)27-14-20(29)24-17-10-5-6-11-18(17)27)32-23-26-25-21(19-12-7-13-31-19)28(23)16-8-3-2-4-9-16/h2-13,15H,14H2,1H3,(H,24,29)/t15-/m1/s1. The zero-order valence-electron chi connectivity index (χ0n) is 17.1. The quantitative estimate of drug-likeness (QED) is 0.444. The van der Waals surface area contributed by atoms with Crippen LogP contribution in [0.4, 0.5) is 11.4 Å². The molecule has 2 aromatic carbocycles. The molecular formula is C23H19N5O2S2. The molecule has 5 rings (SSSR count). The summed E-state index contributed by atoms with van der Waals surface area (Å²) in [5.74, 6) is 0.371. The predicted octanol–water partition coefficient (Wildman–Crippen LogP) is 4.46. The van der Waals surface area contributed by atoms with Gasteiger partial charge in [0.1, 0.15) is 6.54 Å². The number of thioether (sulfide) groups is 1. The van der Waals surface area contributed by atoms with Gasteiger partial charge in [0, 0.05) is 5.69 Å². The molecule has 0 spiro atoms. The molecule has 0 bridgehead atoms. The minimum absolute atomic E-state index is 0.00737. The summed E-state index contributed by atoms with van der Waals surface area (Å²) in [4.78, 5) is 28.1. The van der Waals surface area contributed by atoms with Gasteiger partial charge in [0.2, 0.25) is 11.8 Å². The molecule has 1 atom stereocenters. The van der Waals surface area contributed by atoms with E-state index in [1.54, 1.807) is 17.4 Å². The second kappa shape index (κ2) is 8.60. The molecule has 0 radical (unpaired) electrons. The molecule has 1 N–H and O–H groups in total. The number of aromatic nitrogens is 3. The largest absolute Gasteiger partial charge is 0.323 e. The average Bonchev–Trinajstić information content (AvgIpc) is 3.48. The van der Waals surface area contributed by atoms with E-state index >= 15 is 0 Å². The van der Waals surface area contributed by atoms with Crippen LogP contribution in [0.25, 0.3) is 16.4 Å². The van der Waals surface area contributed by atoms with Crippen molar-refractivity contribution < 1.29 is 9.59 Å². The average molecular weight is 462 g/mol. The molecule has 1 aliphatic rings. The number of carbonyl (C=O) groups excluding carboxylic acids is 2. The number of hydrogen-bond donors (Lipinski definition) is 1. The summed E-state index contributed by atoms with van der Waals surface area (Å²) in [5, 5.41) is 13.8. The number of nitrogens with one attached hydrogen (secondary N) is 1. The van der Waals surface area contributed by atoms with Crippen LogP contribution in [0.15, 0.2) is 77.3 Å². The number of para-hydroxylation sites is 3. The van der Waals surface area contributed by atoms with E-state index in [1.807, 2.05) is 77.5 Å². The molecule has 2 aromatic heterocycles. The number of carbonyl (C=O) groups is 2. The number of thiophene rings is 1. The van der Waals surface area contributed by atoms with Crippen LogP contribution in [0.2, 0.25) is 0 Å². The van der Waals surface area contributed by atoms with E-state index in [-0.39, 0.29) is 18.4 Å². The maximum atomic E-state index is 13.4. The van der Waals surface area contributed by atoms with Crippen LogP contribution in [-0.2, 0) is 9.59 Å². The Kier molecular flexibility index (Phi) is 5.50. The second-order valence-electron chi connectivity index (χ2n) is 7.20. The lowest BCUT2D eigenvalue weighted by Gasteiger charge is -2.30. The van der Waals surface area contributed by atoms with Gasteiger partial charge in [0.05, 0.1) is 21.5 Å². The van der Waals surface area contributed by atoms with E-state index in [9.17, 15) is 9.59 Å². The van der Waals surface area contributed by atoms with Gasteiger partial charge in [-0.15, -0.1) is 21.5 Å². The van der Waals surface area contributed by atoms with Gasteiger partial charge in [0.15, 0.2) is 11.0 Å². The fourth-order valence-corrected chi connectivity index (χ4v) is 5.21. The highest BCUT2D eigenvalue weighted by Gasteiger charge is 2.31. The van der Waals surface area contributed by atoms with Crippen molar-refractivity contribution in [3.8, 4) is 16.4 Å². The number of benzene rings is 2. The maximum absolute atomic E-state index is 13.4. The van der Waals surface area contributed by atoms with Crippen LogP contribution in [0, 0.1) is 0 Å². The first-order chi connectivity index (χ1) is 15.6. The third kappa shape index (κ3) is 3.80. The van der Waals surface area contributed by atoms with E-state index < -0.39 is 5.25 Å². The van der Waals surface area contributed by atoms with Crippen molar-refractivity contribution in [2.24, 2.45) is 0 Å². The molecule has 32 heavy (non-hydrogen) atoms. The molecule has 7 nitrogen and oxygen atoms in total. The van der Waals surface area contributed by atoms with Gasteiger partial charge in [-0.25, -0.2) is 0 Å². The number of rotatable bonds is 5. The summed E-state index contributed by atoms with van der Waals surface area (Å²) in [6, 6.07) is 21.1. The smallest absolute Gasteiger partial charge is 0.244 e. The number of amides is 2. The Morgan fingerprint density at radius 2 is 1.84 bits per heavy atom. The molecule has 0 fully saturated rings. The van der Waals surface area contributed by atoms with Crippen molar-refractivity contribution in [2.75, 3.05) is 16.8 Å². The van der Waals surface area contributed by atoms with Gasteiger partial charge < -0.3 is 5.32 Å². The van der Waals surface area contributed by atoms with Gasteiger partial charge >= 0.3 is 0 Å². The SMILES string of the molecule is C[C@@H](Sc1nnc(-c2cccs2)n1-c1ccccc1)C(=O)N1CC(=O)Nc2ccccc21. The Hall–Kier alpha value is -3.43. The lowest BCUT2D eigenvalue weighted by molar-refractivity contribution is -0.121. The predicted molar refractivity (Wildman–Crippen MR) is 127 cm³/mol. The third-order valence-corrected chi connectivity index (χ3v) is 6.95. The molecule has 0 unspecified atom stereocenters. The Morgan fingerprint density at radius 3 is 2.62 bits per heavy atom. The van der Waals surface area contributed by atoms with Crippen molar-refractivity contribution in [1.82, 2.24) is 14.8 Å². The summed E-state index contributed by atoms with van der Waals surface area (Å²) in [6.45, 7) is 1.82. The molecule has 1 aliphatic heterocycles. The molecule has 3 heterocycles.